The van der Waals surface area contributed by atoms with Gasteiger partial charge in [-0.3, -0.25) is 9.79 Å². The number of rotatable bonds is 8. The van der Waals surface area contributed by atoms with E-state index in [1.54, 1.807) is 7.05 Å². The number of guanidine groups is 1. The lowest BCUT2D eigenvalue weighted by Crippen LogP contribution is -2.54. The van der Waals surface area contributed by atoms with Crippen molar-refractivity contribution in [2.45, 2.75) is 26.4 Å². The number of hydrogen-bond donors (Lipinski definition) is 1. The lowest BCUT2D eigenvalue weighted by molar-refractivity contribution is -0.140. The van der Waals surface area contributed by atoms with Crippen LogP contribution in [0.1, 0.15) is 20.3 Å². The van der Waals surface area contributed by atoms with Gasteiger partial charge in [-0.15, -0.1) is 0 Å². The van der Waals surface area contributed by atoms with Crippen LogP contribution in [0.2, 0.25) is 0 Å². The molecule has 0 aromatic rings. The fraction of sp³-hybridized carbons (Fsp3) is 0.867. The van der Waals surface area contributed by atoms with Gasteiger partial charge in [-0.05, 0) is 13.8 Å². The van der Waals surface area contributed by atoms with E-state index in [0.717, 1.165) is 0 Å². The summed E-state index contributed by atoms with van der Waals surface area (Å²) in [6.07, 6.45) is 0.270. The number of hydrogen-bond acceptors (Lipinski definition) is 6. The molecule has 0 aromatic carbocycles. The van der Waals surface area contributed by atoms with Crippen molar-refractivity contribution >= 4 is 22.0 Å². The average molecular weight is 378 g/mol. The first-order valence-electron chi connectivity index (χ1n) is 8.42. The summed E-state index contributed by atoms with van der Waals surface area (Å²) < 4.78 is 36.1. The van der Waals surface area contributed by atoms with E-state index < -0.39 is 10.0 Å². The Morgan fingerprint density at radius 3 is 2.40 bits per heavy atom. The highest BCUT2D eigenvalue weighted by molar-refractivity contribution is 7.89. The SMILES string of the molecule is CN=C(NCCC(=O)OC)N1CCN(S(=O)(=O)CCOC(C)C)CC1. The molecule has 0 atom stereocenters. The third-order valence-corrected chi connectivity index (χ3v) is 5.61. The summed E-state index contributed by atoms with van der Waals surface area (Å²) in [5.74, 6) is 0.365. The summed E-state index contributed by atoms with van der Waals surface area (Å²) in [5, 5.41) is 3.09. The second kappa shape index (κ2) is 10.6. The maximum atomic E-state index is 12.3. The molecule has 146 valence electrons. The Hall–Kier alpha value is -1.39. The second-order valence-electron chi connectivity index (χ2n) is 5.92. The standard InChI is InChI=1S/C15H30N4O5S/c1-13(2)24-11-12-25(21,22)19-9-7-18(8-10-19)15(16-3)17-6-5-14(20)23-4/h13H,5-12H2,1-4H3,(H,16,17). The van der Waals surface area contributed by atoms with Crippen molar-refractivity contribution in [3.05, 3.63) is 0 Å². The maximum absolute atomic E-state index is 12.3. The van der Waals surface area contributed by atoms with E-state index in [1.165, 1.54) is 11.4 Å². The highest BCUT2D eigenvalue weighted by Crippen LogP contribution is 2.09. The van der Waals surface area contributed by atoms with Crippen molar-refractivity contribution in [1.82, 2.24) is 14.5 Å². The van der Waals surface area contributed by atoms with Crippen LogP contribution in [0.25, 0.3) is 0 Å². The van der Waals surface area contributed by atoms with Gasteiger partial charge in [-0.25, -0.2) is 8.42 Å². The molecule has 0 radical (unpaired) electrons. The molecule has 25 heavy (non-hydrogen) atoms. The van der Waals surface area contributed by atoms with Crippen LogP contribution in [-0.2, 0) is 24.3 Å². The topological polar surface area (TPSA) is 101 Å². The van der Waals surface area contributed by atoms with Crippen LogP contribution in [0.5, 0.6) is 0 Å². The monoisotopic (exact) mass is 378 g/mol. The van der Waals surface area contributed by atoms with Gasteiger partial charge >= 0.3 is 5.97 Å². The molecule has 0 aromatic heterocycles. The first kappa shape index (κ1) is 21.7. The molecule has 0 aliphatic carbocycles. The largest absolute Gasteiger partial charge is 0.469 e. The van der Waals surface area contributed by atoms with Crippen molar-refractivity contribution in [3.8, 4) is 0 Å². The van der Waals surface area contributed by atoms with Gasteiger partial charge in [0.15, 0.2) is 5.96 Å². The number of ether oxygens (including phenoxy) is 2. The van der Waals surface area contributed by atoms with Crippen molar-refractivity contribution in [1.29, 1.82) is 0 Å². The fourth-order valence-corrected chi connectivity index (χ4v) is 3.69. The number of aliphatic imine (C=N–C) groups is 1. The number of piperazine rings is 1. The summed E-state index contributed by atoms with van der Waals surface area (Å²) in [6.45, 7) is 6.28. The van der Waals surface area contributed by atoms with Gasteiger partial charge in [0.05, 0.1) is 32.0 Å². The molecule has 1 saturated heterocycles. The Morgan fingerprint density at radius 2 is 1.88 bits per heavy atom. The smallest absolute Gasteiger partial charge is 0.307 e. The molecule has 0 amide bonds. The van der Waals surface area contributed by atoms with E-state index in [4.69, 9.17) is 4.74 Å². The Morgan fingerprint density at radius 1 is 1.24 bits per heavy atom. The summed E-state index contributed by atoms with van der Waals surface area (Å²) in [4.78, 5) is 17.3. The van der Waals surface area contributed by atoms with Gasteiger partial charge in [0.1, 0.15) is 0 Å². The zero-order valence-corrected chi connectivity index (χ0v) is 16.3. The zero-order chi connectivity index (χ0) is 18.9. The van der Waals surface area contributed by atoms with E-state index in [0.29, 0.717) is 38.7 Å². The number of methoxy groups -OCH3 is 1. The third kappa shape index (κ3) is 7.57. The normalized spacial score (nSPS) is 17.0. The molecule has 1 aliphatic heterocycles. The second-order valence-corrected chi connectivity index (χ2v) is 8.01. The molecule has 1 N–H and O–H groups in total. The fourth-order valence-electron chi connectivity index (χ4n) is 2.41. The minimum absolute atomic E-state index is 0.00269. The third-order valence-electron chi connectivity index (χ3n) is 3.78. The van der Waals surface area contributed by atoms with Gasteiger partial charge in [-0.2, -0.15) is 4.31 Å². The van der Waals surface area contributed by atoms with Crippen molar-refractivity contribution in [2.75, 3.05) is 59.2 Å². The lowest BCUT2D eigenvalue weighted by atomic mass is 10.4. The predicted octanol–water partition coefficient (Wildman–Crippen LogP) is -0.503. The Balaban J connectivity index is 2.44. The van der Waals surface area contributed by atoms with Crippen LogP contribution in [0.15, 0.2) is 4.99 Å². The van der Waals surface area contributed by atoms with Crippen LogP contribution in [0.4, 0.5) is 0 Å². The Bertz CT molecular complexity index is 542. The highest BCUT2D eigenvalue weighted by atomic mass is 32.2. The number of nitrogens with zero attached hydrogens (tertiary/aromatic N) is 3. The molecule has 0 unspecified atom stereocenters. The number of carbonyl (C=O) groups excluding carboxylic acids is 1. The highest BCUT2D eigenvalue weighted by Gasteiger charge is 2.27. The lowest BCUT2D eigenvalue weighted by Gasteiger charge is -2.35. The van der Waals surface area contributed by atoms with Gasteiger partial charge in [0.25, 0.3) is 0 Å². The van der Waals surface area contributed by atoms with Gasteiger partial charge < -0.3 is 19.7 Å². The van der Waals surface area contributed by atoms with Crippen LogP contribution in [0.3, 0.4) is 0 Å². The predicted molar refractivity (Wildman–Crippen MR) is 96.0 cm³/mol. The molecular weight excluding hydrogens is 348 g/mol. The van der Waals surface area contributed by atoms with Gasteiger partial charge in [0.2, 0.25) is 10.0 Å². The van der Waals surface area contributed by atoms with Crippen molar-refractivity contribution in [2.24, 2.45) is 4.99 Å². The molecule has 0 saturated carbocycles. The number of nitrogens with one attached hydrogen (secondary N) is 1. The molecule has 0 spiro atoms. The zero-order valence-electron chi connectivity index (χ0n) is 15.5. The summed E-state index contributed by atoms with van der Waals surface area (Å²) in [5.41, 5.74) is 0. The van der Waals surface area contributed by atoms with E-state index >= 15 is 0 Å². The minimum Gasteiger partial charge on any atom is -0.469 e. The summed E-state index contributed by atoms with van der Waals surface area (Å²) in [6, 6.07) is 0. The molecule has 0 bridgehead atoms. The Kier molecular flexibility index (Phi) is 9.15. The molecule has 1 aliphatic rings. The van der Waals surface area contributed by atoms with Crippen LogP contribution < -0.4 is 5.32 Å². The van der Waals surface area contributed by atoms with E-state index in [-0.39, 0.29) is 30.9 Å². The van der Waals surface area contributed by atoms with Crippen LogP contribution in [0, 0.1) is 0 Å². The van der Waals surface area contributed by atoms with E-state index in [9.17, 15) is 13.2 Å². The number of sulfonamides is 1. The van der Waals surface area contributed by atoms with Crippen molar-refractivity contribution < 1.29 is 22.7 Å². The quantitative estimate of drug-likeness (QED) is 0.345. The number of carbonyl (C=O) groups is 1. The molecule has 1 rings (SSSR count). The average Bonchev–Trinajstić information content (AvgIpc) is 2.58. The van der Waals surface area contributed by atoms with Crippen LogP contribution >= 0.6 is 0 Å². The van der Waals surface area contributed by atoms with Crippen molar-refractivity contribution in [3.63, 3.8) is 0 Å². The molecule has 9 nitrogen and oxygen atoms in total. The van der Waals surface area contributed by atoms with Crippen LogP contribution in [-0.4, -0.2) is 94.9 Å². The minimum atomic E-state index is -3.31. The summed E-state index contributed by atoms with van der Waals surface area (Å²) >= 11 is 0. The van der Waals surface area contributed by atoms with E-state index in [1.807, 2.05) is 18.7 Å². The molecule has 1 heterocycles. The summed E-state index contributed by atoms with van der Waals surface area (Å²) in [7, 11) is -0.296. The molecule has 10 heteroatoms. The first-order valence-corrected chi connectivity index (χ1v) is 10.0. The molecule has 1 fully saturated rings. The van der Waals surface area contributed by atoms with E-state index in [2.05, 4.69) is 15.0 Å². The van der Waals surface area contributed by atoms with Gasteiger partial charge in [0, 0.05) is 39.8 Å². The maximum Gasteiger partial charge on any atom is 0.307 e. The molecular formula is C15H30N4O5S. The van der Waals surface area contributed by atoms with Gasteiger partial charge in [-0.1, -0.05) is 0 Å². The first-order chi connectivity index (χ1) is 11.8. The number of esters is 1. The Labute approximate surface area is 150 Å².